The van der Waals surface area contributed by atoms with Crippen LogP contribution in [0.3, 0.4) is 0 Å². The first-order valence-electron chi connectivity index (χ1n) is 6.08. The van der Waals surface area contributed by atoms with Gasteiger partial charge < -0.3 is 10.3 Å². The number of nitrogens with zero attached hydrogens (tertiary/aromatic N) is 2. The lowest BCUT2D eigenvalue weighted by Crippen LogP contribution is -2.24. The first kappa shape index (κ1) is 11.6. The Morgan fingerprint density at radius 1 is 1.44 bits per heavy atom. The van der Waals surface area contributed by atoms with Crippen molar-refractivity contribution in [3.8, 4) is 0 Å². The first-order chi connectivity index (χ1) is 7.49. The molecule has 4 nitrogen and oxygen atoms in total. The molecule has 1 aliphatic rings. The molecule has 0 radical (unpaired) electrons. The molecule has 1 aliphatic carbocycles. The monoisotopic (exact) mass is 223 g/mol. The minimum atomic E-state index is 0.125. The minimum absolute atomic E-state index is 0.125. The summed E-state index contributed by atoms with van der Waals surface area (Å²) in [5.41, 5.74) is 6.20. The SMILES string of the molecule is CC(C)CC(N)Cc1nc(C2(C)CC2)no1. The van der Waals surface area contributed by atoms with E-state index in [9.17, 15) is 0 Å². The predicted molar refractivity (Wildman–Crippen MR) is 62.0 cm³/mol. The molecule has 1 unspecified atom stereocenters. The number of hydrogen-bond acceptors (Lipinski definition) is 4. The van der Waals surface area contributed by atoms with Crippen molar-refractivity contribution in [2.45, 2.75) is 57.9 Å². The molecule has 0 bridgehead atoms. The van der Waals surface area contributed by atoms with E-state index in [0.29, 0.717) is 18.2 Å². The second-order valence-corrected chi connectivity index (χ2v) is 5.67. The molecule has 90 valence electrons. The molecule has 2 N–H and O–H groups in total. The maximum absolute atomic E-state index is 6.01. The molecule has 0 aliphatic heterocycles. The molecule has 1 fully saturated rings. The largest absolute Gasteiger partial charge is 0.339 e. The van der Waals surface area contributed by atoms with Gasteiger partial charge in [0.25, 0.3) is 0 Å². The van der Waals surface area contributed by atoms with Gasteiger partial charge in [-0.2, -0.15) is 4.98 Å². The number of nitrogens with two attached hydrogens (primary N) is 1. The number of hydrogen-bond donors (Lipinski definition) is 1. The van der Waals surface area contributed by atoms with E-state index in [-0.39, 0.29) is 11.5 Å². The molecular formula is C12H21N3O. The Hall–Kier alpha value is -0.900. The van der Waals surface area contributed by atoms with Crippen molar-refractivity contribution in [3.63, 3.8) is 0 Å². The third kappa shape index (κ3) is 2.61. The van der Waals surface area contributed by atoms with Crippen LogP contribution in [0.4, 0.5) is 0 Å². The Balaban J connectivity index is 1.92. The highest BCUT2D eigenvalue weighted by Gasteiger charge is 2.43. The standard InChI is InChI=1S/C12H21N3O/c1-8(2)6-9(13)7-10-14-11(15-16-10)12(3)4-5-12/h8-9H,4-7,13H2,1-3H3. The normalized spacial score (nSPS) is 20.1. The molecule has 1 aromatic heterocycles. The van der Waals surface area contributed by atoms with Crippen molar-refractivity contribution >= 4 is 0 Å². The summed E-state index contributed by atoms with van der Waals surface area (Å²) in [7, 11) is 0. The average molecular weight is 223 g/mol. The lowest BCUT2D eigenvalue weighted by molar-refractivity contribution is 0.352. The smallest absolute Gasteiger partial charge is 0.228 e. The highest BCUT2D eigenvalue weighted by atomic mass is 16.5. The van der Waals surface area contributed by atoms with Crippen LogP contribution in [-0.2, 0) is 11.8 Å². The van der Waals surface area contributed by atoms with Gasteiger partial charge in [0.05, 0.1) is 0 Å². The van der Waals surface area contributed by atoms with Gasteiger partial charge in [-0.1, -0.05) is 25.9 Å². The zero-order chi connectivity index (χ0) is 11.8. The van der Waals surface area contributed by atoms with Crippen LogP contribution in [-0.4, -0.2) is 16.2 Å². The third-order valence-corrected chi connectivity index (χ3v) is 3.22. The fourth-order valence-electron chi connectivity index (χ4n) is 1.91. The van der Waals surface area contributed by atoms with E-state index in [1.54, 1.807) is 0 Å². The summed E-state index contributed by atoms with van der Waals surface area (Å²) >= 11 is 0. The summed E-state index contributed by atoms with van der Waals surface area (Å²) in [6, 6.07) is 0.125. The Morgan fingerprint density at radius 2 is 2.12 bits per heavy atom. The second kappa shape index (κ2) is 4.17. The molecule has 1 atom stereocenters. The molecule has 4 heteroatoms. The average Bonchev–Trinajstić information content (AvgIpc) is 2.75. The van der Waals surface area contributed by atoms with Crippen molar-refractivity contribution in [2.24, 2.45) is 11.7 Å². The molecule has 0 spiro atoms. The van der Waals surface area contributed by atoms with Crippen molar-refractivity contribution in [1.82, 2.24) is 10.1 Å². The summed E-state index contributed by atoms with van der Waals surface area (Å²) in [4.78, 5) is 4.43. The molecule has 16 heavy (non-hydrogen) atoms. The lowest BCUT2D eigenvalue weighted by atomic mass is 10.0. The van der Waals surface area contributed by atoms with Gasteiger partial charge in [0.2, 0.25) is 5.89 Å². The predicted octanol–water partition coefficient (Wildman–Crippen LogP) is 2.04. The van der Waals surface area contributed by atoms with E-state index in [1.165, 1.54) is 12.8 Å². The van der Waals surface area contributed by atoms with Crippen molar-refractivity contribution in [2.75, 3.05) is 0 Å². The quantitative estimate of drug-likeness (QED) is 0.829. The van der Waals surface area contributed by atoms with Crippen molar-refractivity contribution < 1.29 is 4.52 Å². The molecular weight excluding hydrogens is 202 g/mol. The Labute approximate surface area is 96.6 Å². The van der Waals surface area contributed by atoms with Gasteiger partial charge in [-0.05, 0) is 25.2 Å². The highest BCUT2D eigenvalue weighted by molar-refractivity contribution is 5.14. The first-order valence-corrected chi connectivity index (χ1v) is 6.08. The molecule has 0 aromatic carbocycles. The number of aromatic nitrogens is 2. The van der Waals surface area contributed by atoms with Gasteiger partial charge >= 0.3 is 0 Å². The molecule has 0 amide bonds. The summed E-state index contributed by atoms with van der Waals surface area (Å²) < 4.78 is 5.24. The van der Waals surface area contributed by atoms with Gasteiger partial charge in [-0.15, -0.1) is 0 Å². The zero-order valence-corrected chi connectivity index (χ0v) is 10.4. The Kier molecular flexibility index (Phi) is 3.02. The van der Waals surface area contributed by atoms with Crippen LogP contribution >= 0.6 is 0 Å². The molecule has 1 aromatic rings. The van der Waals surface area contributed by atoms with Gasteiger partial charge in [0.1, 0.15) is 0 Å². The molecule has 0 saturated heterocycles. The van der Waals surface area contributed by atoms with Crippen molar-refractivity contribution in [3.05, 3.63) is 11.7 Å². The summed E-state index contributed by atoms with van der Waals surface area (Å²) in [6.07, 6.45) is 4.03. The zero-order valence-electron chi connectivity index (χ0n) is 10.4. The van der Waals surface area contributed by atoms with Crippen LogP contribution in [0.25, 0.3) is 0 Å². The van der Waals surface area contributed by atoms with E-state index in [1.807, 2.05) is 0 Å². The molecule has 2 rings (SSSR count). The van der Waals surface area contributed by atoms with E-state index in [4.69, 9.17) is 10.3 Å². The van der Waals surface area contributed by atoms with Gasteiger partial charge in [0.15, 0.2) is 5.82 Å². The van der Waals surface area contributed by atoms with Crippen LogP contribution in [0, 0.1) is 5.92 Å². The van der Waals surface area contributed by atoms with Gasteiger partial charge in [-0.25, -0.2) is 0 Å². The third-order valence-electron chi connectivity index (χ3n) is 3.22. The number of rotatable bonds is 5. The summed E-state index contributed by atoms with van der Waals surface area (Å²) in [6.45, 7) is 6.52. The minimum Gasteiger partial charge on any atom is -0.339 e. The van der Waals surface area contributed by atoms with E-state index >= 15 is 0 Å². The van der Waals surface area contributed by atoms with Crippen LogP contribution in [0.5, 0.6) is 0 Å². The van der Waals surface area contributed by atoms with Crippen LogP contribution < -0.4 is 5.73 Å². The summed E-state index contributed by atoms with van der Waals surface area (Å²) in [5, 5.41) is 4.04. The van der Waals surface area contributed by atoms with Gasteiger partial charge in [-0.3, -0.25) is 0 Å². The van der Waals surface area contributed by atoms with Crippen LogP contribution in [0.1, 0.15) is 51.7 Å². The summed E-state index contributed by atoms with van der Waals surface area (Å²) in [5.74, 6) is 2.16. The van der Waals surface area contributed by atoms with E-state index in [0.717, 1.165) is 12.2 Å². The fraction of sp³-hybridized carbons (Fsp3) is 0.833. The van der Waals surface area contributed by atoms with E-state index < -0.39 is 0 Å². The van der Waals surface area contributed by atoms with Crippen LogP contribution in [0.2, 0.25) is 0 Å². The lowest BCUT2D eigenvalue weighted by Gasteiger charge is -2.10. The van der Waals surface area contributed by atoms with Crippen molar-refractivity contribution in [1.29, 1.82) is 0 Å². The molecule has 1 saturated carbocycles. The topological polar surface area (TPSA) is 64.9 Å². The van der Waals surface area contributed by atoms with Crippen LogP contribution in [0.15, 0.2) is 4.52 Å². The van der Waals surface area contributed by atoms with Gasteiger partial charge in [0, 0.05) is 17.9 Å². The molecule has 1 heterocycles. The second-order valence-electron chi connectivity index (χ2n) is 5.67. The maximum Gasteiger partial charge on any atom is 0.228 e. The van der Waals surface area contributed by atoms with E-state index in [2.05, 4.69) is 30.9 Å². The Morgan fingerprint density at radius 3 is 2.69 bits per heavy atom. The maximum atomic E-state index is 6.01. The highest BCUT2D eigenvalue weighted by Crippen LogP contribution is 2.45. The Bertz CT molecular complexity index is 355. The fourth-order valence-corrected chi connectivity index (χ4v) is 1.91.